The molecule has 1 unspecified atom stereocenters. The lowest BCUT2D eigenvalue weighted by molar-refractivity contribution is -0.140. The molecule has 1 rings (SSSR count). The molecule has 17 heavy (non-hydrogen) atoms. The Morgan fingerprint density at radius 2 is 1.88 bits per heavy atom. The second-order valence-corrected chi connectivity index (χ2v) is 5.86. The van der Waals surface area contributed by atoms with Crippen molar-refractivity contribution in [2.45, 2.75) is 55.7 Å². The molecule has 1 aliphatic rings. The van der Waals surface area contributed by atoms with Gasteiger partial charge in [0.15, 0.2) is 0 Å². The van der Waals surface area contributed by atoms with Crippen LogP contribution in [0.5, 0.6) is 0 Å². The first-order chi connectivity index (χ1) is 7.62. The largest absolute Gasteiger partial charge is 0.303 e. The molecule has 0 saturated heterocycles. The van der Waals surface area contributed by atoms with Gasteiger partial charge in [-0.05, 0) is 25.2 Å². The van der Waals surface area contributed by atoms with Crippen LogP contribution in [0, 0.1) is 5.92 Å². The Balaban J connectivity index is 2.43. The van der Waals surface area contributed by atoms with Crippen molar-refractivity contribution in [2.24, 2.45) is 5.92 Å². The monoisotopic (exact) mass is 318 g/mol. The van der Waals surface area contributed by atoms with E-state index < -0.39 is 22.5 Å². The number of ketones is 1. The highest BCUT2D eigenvalue weighted by Gasteiger charge is 2.40. The average molecular weight is 319 g/mol. The second-order valence-electron chi connectivity index (χ2n) is 4.76. The summed E-state index contributed by atoms with van der Waals surface area (Å²) in [7, 11) is 0. The van der Waals surface area contributed by atoms with Gasteiger partial charge in [0.05, 0.1) is 4.83 Å². The van der Waals surface area contributed by atoms with Gasteiger partial charge in [-0.15, -0.1) is 0 Å². The van der Waals surface area contributed by atoms with Crippen molar-refractivity contribution in [2.75, 3.05) is 0 Å². The lowest BCUT2D eigenvalue weighted by atomic mass is 9.83. The molecular weight excluding hydrogens is 304 g/mol. The number of alkyl halides is 5. The van der Waals surface area contributed by atoms with Gasteiger partial charge in [0, 0.05) is 19.8 Å². The number of halogens is 5. The van der Waals surface area contributed by atoms with E-state index in [1.54, 1.807) is 0 Å². The molecule has 0 N–H and O–H groups in total. The van der Waals surface area contributed by atoms with E-state index in [9.17, 15) is 22.4 Å². The van der Waals surface area contributed by atoms with Crippen LogP contribution in [0.1, 0.15) is 39.0 Å². The number of rotatable bonds is 4. The van der Waals surface area contributed by atoms with Crippen LogP contribution in [-0.2, 0) is 4.79 Å². The molecule has 6 heteroatoms. The van der Waals surface area contributed by atoms with Crippen LogP contribution < -0.4 is 0 Å². The molecule has 1 saturated carbocycles. The molecule has 1 aliphatic carbocycles. The van der Waals surface area contributed by atoms with Crippen molar-refractivity contribution < 1.29 is 22.4 Å². The maximum atomic E-state index is 12.9. The van der Waals surface area contributed by atoms with Gasteiger partial charge in [0.1, 0.15) is 0 Å². The van der Waals surface area contributed by atoms with Crippen LogP contribution >= 0.6 is 15.9 Å². The molecular formula is C11H15BrF4O. The van der Waals surface area contributed by atoms with E-state index in [0.29, 0.717) is 6.92 Å². The molecule has 0 spiro atoms. The van der Waals surface area contributed by atoms with Crippen molar-refractivity contribution >= 4 is 21.7 Å². The molecule has 100 valence electrons. The minimum atomic E-state index is -3.37. The van der Waals surface area contributed by atoms with Crippen molar-refractivity contribution in [3.8, 4) is 0 Å². The number of Topliss-reactive ketones (excluding diaryl/α,β-unsaturated/α-hetero) is 1. The quantitative estimate of drug-likeness (QED) is 0.561. The van der Waals surface area contributed by atoms with Crippen LogP contribution in [0.3, 0.4) is 0 Å². The van der Waals surface area contributed by atoms with E-state index in [1.807, 2.05) is 0 Å². The molecule has 1 nitrogen and oxygen atoms in total. The predicted molar refractivity (Wildman–Crippen MR) is 59.9 cm³/mol. The van der Waals surface area contributed by atoms with Crippen molar-refractivity contribution in [3.05, 3.63) is 0 Å². The summed E-state index contributed by atoms with van der Waals surface area (Å²) in [6, 6.07) is 0. The van der Waals surface area contributed by atoms with Crippen LogP contribution in [0.2, 0.25) is 0 Å². The zero-order chi connectivity index (χ0) is 13.3. The van der Waals surface area contributed by atoms with E-state index in [1.165, 1.54) is 0 Å². The summed E-state index contributed by atoms with van der Waals surface area (Å²) in [6.07, 6.45) is 0.357. The predicted octanol–water partition coefficient (Wildman–Crippen LogP) is 4.19. The highest BCUT2D eigenvalue weighted by Crippen LogP contribution is 2.39. The molecule has 0 amide bonds. The molecule has 0 aromatic rings. The van der Waals surface area contributed by atoms with Crippen molar-refractivity contribution in [1.82, 2.24) is 0 Å². The van der Waals surface area contributed by atoms with Crippen LogP contribution in [0.15, 0.2) is 0 Å². The van der Waals surface area contributed by atoms with Gasteiger partial charge in [-0.1, -0.05) is 15.9 Å². The maximum absolute atomic E-state index is 12.9. The zero-order valence-corrected chi connectivity index (χ0v) is 11.1. The smallest absolute Gasteiger partial charge is 0.292 e. The second kappa shape index (κ2) is 5.24. The summed E-state index contributed by atoms with van der Waals surface area (Å²) in [6.45, 7) is 0.554. The van der Waals surface area contributed by atoms with Gasteiger partial charge in [-0.2, -0.15) is 8.78 Å². The maximum Gasteiger partial charge on any atom is 0.303 e. The molecule has 0 aromatic heterocycles. The van der Waals surface area contributed by atoms with E-state index >= 15 is 0 Å². The molecule has 0 heterocycles. The highest BCUT2D eigenvalue weighted by atomic mass is 79.9. The van der Waals surface area contributed by atoms with Crippen LogP contribution in [-0.4, -0.2) is 22.5 Å². The summed E-state index contributed by atoms with van der Waals surface area (Å²) < 4.78 is 51.2. The molecule has 0 aromatic carbocycles. The van der Waals surface area contributed by atoms with E-state index in [0.717, 1.165) is 0 Å². The normalized spacial score (nSPS) is 23.4. The van der Waals surface area contributed by atoms with Gasteiger partial charge in [-0.25, -0.2) is 8.78 Å². The Labute approximate surface area is 106 Å². The number of hydrogen-bond acceptors (Lipinski definition) is 1. The minimum Gasteiger partial charge on any atom is -0.292 e. The number of hydrogen-bond donors (Lipinski definition) is 0. The molecule has 1 fully saturated rings. The van der Waals surface area contributed by atoms with Crippen molar-refractivity contribution in [1.29, 1.82) is 0 Å². The van der Waals surface area contributed by atoms with Crippen molar-refractivity contribution in [3.63, 3.8) is 0 Å². The van der Waals surface area contributed by atoms with Crippen LogP contribution in [0.25, 0.3) is 0 Å². The first kappa shape index (κ1) is 14.9. The summed E-state index contributed by atoms with van der Waals surface area (Å²) in [5.41, 5.74) is 0. The lowest BCUT2D eigenvalue weighted by Crippen LogP contribution is -2.34. The number of carbonyl (C=O) groups excluding carboxylic acids is 1. The first-order valence-corrected chi connectivity index (χ1v) is 6.47. The Morgan fingerprint density at radius 3 is 2.29 bits per heavy atom. The highest BCUT2D eigenvalue weighted by molar-refractivity contribution is 9.10. The van der Waals surface area contributed by atoms with Crippen LogP contribution in [0.4, 0.5) is 17.6 Å². The standard InChI is InChI=1S/C11H15BrF4O/c1-10(13,14)9(17)8(12)6-7-2-4-11(15,16)5-3-7/h7-8H,2-6H2,1H3. The van der Waals surface area contributed by atoms with Gasteiger partial charge < -0.3 is 0 Å². The van der Waals surface area contributed by atoms with E-state index in [4.69, 9.17) is 0 Å². The lowest BCUT2D eigenvalue weighted by Gasteiger charge is -2.29. The first-order valence-electron chi connectivity index (χ1n) is 5.56. The van der Waals surface area contributed by atoms with E-state index in [2.05, 4.69) is 15.9 Å². The fourth-order valence-corrected chi connectivity index (χ4v) is 2.94. The summed E-state index contributed by atoms with van der Waals surface area (Å²) in [5.74, 6) is -7.25. The zero-order valence-electron chi connectivity index (χ0n) is 9.49. The van der Waals surface area contributed by atoms with Gasteiger partial charge in [0.2, 0.25) is 11.7 Å². The molecule has 1 atom stereocenters. The van der Waals surface area contributed by atoms with Gasteiger partial charge in [0.25, 0.3) is 0 Å². The average Bonchev–Trinajstić information content (AvgIpc) is 2.18. The van der Waals surface area contributed by atoms with Gasteiger partial charge in [-0.3, -0.25) is 4.79 Å². The molecule has 0 radical (unpaired) electrons. The Morgan fingerprint density at radius 1 is 1.41 bits per heavy atom. The van der Waals surface area contributed by atoms with Gasteiger partial charge >= 0.3 is 5.92 Å². The summed E-state index contributed by atoms with van der Waals surface area (Å²) in [5, 5.41) is 0. The minimum absolute atomic E-state index is 0.0784. The fourth-order valence-electron chi connectivity index (χ4n) is 2.01. The molecule has 0 aliphatic heterocycles. The Hall–Kier alpha value is -0.130. The van der Waals surface area contributed by atoms with E-state index in [-0.39, 0.29) is 38.0 Å². The number of carbonyl (C=O) groups is 1. The third-order valence-electron chi connectivity index (χ3n) is 3.09. The fraction of sp³-hybridized carbons (Fsp3) is 0.909. The third kappa shape index (κ3) is 4.56. The SMILES string of the molecule is CC(F)(F)C(=O)C(Br)CC1CCC(F)(F)CC1. The molecule has 0 bridgehead atoms. The topological polar surface area (TPSA) is 17.1 Å². The summed E-state index contributed by atoms with van der Waals surface area (Å²) >= 11 is 2.93. The third-order valence-corrected chi connectivity index (χ3v) is 3.88. The Bertz CT molecular complexity index is 278. The summed E-state index contributed by atoms with van der Waals surface area (Å²) in [4.78, 5) is 10.3. The Kier molecular flexibility index (Phi) is 4.60.